The number of H-pyrrole nitrogens is 1. The molecule has 0 radical (unpaired) electrons. The highest BCUT2D eigenvalue weighted by molar-refractivity contribution is 5.68. The number of halogens is 3. The fraction of sp³-hybridized carbons (Fsp3) is 0.188. The Bertz CT molecular complexity index is 975. The number of carbonyl (C=O) groups is 1. The molecule has 0 aliphatic carbocycles. The van der Waals surface area contributed by atoms with Gasteiger partial charge in [-0.15, -0.1) is 5.10 Å². The van der Waals surface area contributed by atoms with Crippen molar-refractivity contribution in [3.05, 3.63) is 52.5 Å². The Morgan fingerprint density at radius 1 is 1.44 bits per heavy atom. The number of nitrogens with zero attached hydrogens (tertiary/aromatic N) is 2. The summed E-state index contributed by atoms with van der Waals surface area (Å²) < 4.78 is 50.5. The first-order valence-corrected chi connectivity index (χ1v) is 7.40. The van der Waals surface area contributed by atoms with Crippen LogP contribution in [-0.4, -0.2) is 27.9 Å². The van der Waals surface area contributed by atoms with E-state index in [1.807, 2.05) is 5.10 Å². The summed E-state index contributed by atoms with van der Waals surface area (Å²) in [7, 11) is 0. The number of para-hydroxylation sites is 1. The summed E-state index contributed by atoms with van der Waals surface area (Å²) in [6.45, 7) is -0.717. The van der Waals surface area contributed by atoms with Crippen LogP contribution in [0, 0.1) is 11.3 Å². The molecule has 27 heavy (non-hydrogen) atoms. The van der Waals surface area contributed by atoms with Gasteiger partial charge in [0.1, 0.15) is 23.1 Å². The molecule has 0 amide bonds. The number of carboxylic acids is 1. The van der Waals surface area contributed by atoms with Crippen molar-refractivity contribution < 1.29 is 32.5 Å². The molecule has 0 saturated heterocycles. The molecule has 0 spiro atoms. The number of ether oxygens (including phenoxy) is 2. The van der Waals surface area contributed by atoms with Gasteiger partial charge >= 0.3 is 12.1 Å². The topological polar surface area (TPSA) is 134 Å². The number of aromatic nitrogens is 2. The maximum atomic E-state index is 13.4. The van der Waals surface area contributed by atoms with Gasteiger partial charge in [-0.25, -0.2) is 4.79 Å². The third-order valence-corrected chi connectivity index (χ3v) is 3.80. The second-order valence-corrected chi connectivity index (χ2v) is 5.46. The first kappa shape index (κ1) is 18.1. The van der Waals surface area contributed by atoms with Gasteiger partial charge in [0.25, 0.3) is 0 Å². The Kier molecular flexibility index (Phi) is 4.40. The van der Waals surface area contributed by atoms with Crippen molar-refractivity contribution in [3.63, 3.8) is 0 Å². The van der Waals surface area contributed by atoms with Gasteiger partial charge in [0.05, 0.1) is 11.5 Å². The van der Waals surface area contributed by atoms with Crippen LogP contribution in [0.15, 0.2) is 35.7 Å². The highest BCUT2D eigenvalue weighted by Gasteiger charge is 2.45. The minimum Gasteiger partial charge on any atom is -0.482 e. The second-order valence-electron chi connectivity index (χ2n) is 5.46. The predicted molar refractivity (Wildman–Crippen MR) is 82.5 cm³/mol. The van der Waals surface area contributed by atoms with E-state index in [0.717, 1.165) is 0 Å². The number of aromatic amines is 1. The summed E-state index contributed by atoms with van der Waals surface area (Å²) >= 11 is 0. The fourth-order valence-electron chi connectivity index (χ4n) is 2.76. The van der Waals surface area contributed by atoms with E-state index in [0.29, 0.717) is 0 Å². The van der Waals surface area contributed by atoms with Gasteiger partial charge in [-0.2, -0.15) is 18.4 Å². The summed E-state index contributed by atoms with van der Waals surface area (Å²) in [6.07, 6.45) is -4.80. The van der Waals surface area contributed by atoms with Crippen molar-refractivity contribution >= 4 is 5.97 Å². The Morgan fingerprint density at radius 2 is 2.15 bits per heavy atom. The molecule has 2 aromatic rings. The molecule has 2 heterocycles. The smallest absolute Gasteiger partial charge is 0.433 e. The molecule has 11 heteroatoms. The molecule has 140 valence electrons. The zero-order chi connectivity index (χ0) is 19.8. The standard InChI is InChI=1S/C16H11F3N4O4/c17-16(18,19)13-12-11(8(5-20)14(21)27-15(12)23-22-13)7-3-1-2-4-9(7)26-6-10(24)25/h1-4,11H,6,21H2,(H,22,23)(H,24,25)/t11-/m1/s1. The summed E-state index contributed by atoms with van der Waals surface area (Å²) in [5.41, 5.74) is 3.90. The van der Waals surface area contributed by atoms with E-state index in [2.05, 4.69) is 5.10 Å². The molecule has 8 nitrogen and oxygen atoms in total. The quantitative estimate of drug-likeness (QED) is 0.739. The van der Waals surface area contributed by atoms with Gasteiger partial charge in [0.15, 0.2) is 6.61 Å². The van der Waals surface area contributed by atoms with Crippen LogP contribution >= 0.6 is 0 Å². The molecule has 1 aromatic carbocycles. The lowest BCUT2D eigenvalue weighted by Crippen LogP contribution is -2.23. The SMILES string of the molecule is N#CC1=C(N)Oc2n[nH]c(C(F)(F)F)c2[C@@H]1c1ccccc1OCC(=O)O. The number of alkyl halides is 3. The molecule has 1 atom stereocenters. The normalized spacial score (nSPS) is 16.3. The Labute approximate surface area is 149 Å². The lowest BCUT2D eigenvalue weighted by atomic mass is 9.83. The third kappa shape index (κ3) is 3.24. The van der Waals surface area contributed by atoms with Crippen LogP contribution in [0.2, 0.25) is 0 Å². The number of rotatable bonds is 4. The van der Waals surface area contributed by atoms with Gasteiger partial charge in [0.2, 0.25) is 11.8 Å². The van der Waals surface area contributed by atoms with E-state index in [4.69, 9.17) is 20.3 Å². The van der Waals surface area contributed by atoms with Gasteiger partial charge in [0, 0.05) is 5.56 Å². The average Bonchev–Trinajstić information content (AvgIpc) is 3.02. The van der Waals surface area contributed by atoms with E-state index in [-0.39, 0.29) is 16.9 Å². The zero-order valence-corrected chi connectivity index (χ0v) is 13.4. The average molecular weight is 380 g/mol. The Balaban J connectivity index is 2.22. The third-order valence-electron chi connectivity index (χ3n) is 3.80. The fourth-order valence-corrected chi connectivity index (χ4v) is 2.76. The van der Waals surface area contributed by atoms with E-state index in [9.17, 15) is 23.2 Å². The molecule has 0 unspecified atom stereocenters. The monoisotopic (exact) mass is 380 g/mol. The molecule has 3 rings (SSSR count). The number of fused-ring (bicyclic) bond motifs is 1. The number of carboxylic acid groups (broad SMARTS) is 1. The van der Waals surface area contributed by atoms with Crippen LogP contribution < -0.4 is 15.2 Å². The molecule has 1 aromatic heterocycles. The number of hydrogen-bond acceptors (Lipinski definition) is 6. The highest BCUT2D eigenvalue weighted by atomic mass is 19.4. The largest absolute Gasteiger partial charge is 0.482 e. The molecular weight excluding hydrogens is 369 g/mol. The van der Waals surface area contributed by atoms with Crippen LogP contribution in [0.3, 0.4) is 0 Å². The summed E-state index contributed by atoms with van der Waals surface area (Å²) in [5.74, 6) is -3.40. The second kappa shape index (κ2) is 6.56. The molecule has 0 fully saturated rings. The van der Waals surface area contributed by atoms with Gasteiger partial charge < -0.3 is 20.3 Å². The van der Waals surface area contributed by atoms with Crippen molar-refractivity contribution in [1.29, 1.82) is 5.26 Å². The minimum absolute atomic E-state index is 0.00683. The van der Waals surface area contributed by atoms with Crippen LogP contribution in [0.25, 0.3) is 0 Å². The van der Waals surface area contributed by atoms with Crippen molar-refractivity contribution in [2.45, 2.75) is 12.1 Å². The number of nitrogens with two attached hydrogens (primary N) is 1. The molecular formula is C16H11F3N4O4. The molecule has 0 bridgehead atoms. The molecule has 0 saturated carbocycles. The van der Waals surface area contributed by atoms with Gasteiger partial charge in [-0.1, -0.05) is 18.2 Å². The highest BCUT2D eigenvalue weighted by Crippen LogP contribution is 2.48. The van der Waals surface area contributed by atoms with Crippen molar-refractivity contribution in [2.24, 2.45) is 5.73 Å². The van der Waals surface area contributed by atoms with E-state index < -0.39 is 47.7 Å². The maximum absolute atomic E-state index is 13.4. The predicted octanol–water partition coefficient (Wildman–Crippen LogP) is 2.11. The lowest BCUT2D eigenvalue weighted by Gasteiger charge is -2.25. The van der Waals surface area contributed by atoms with Crippen LogP contribution in [0.5, 0.6) is 11.6 Å². The molecule has 1 aliphatic rings. The first-order valence-electron chi connectivity index (χ1n) is 7.40. The van der Waals surface area contributed by atoms with Gasteiger partial charge in [-0.3, -0.25) is 5.10 Å². The molecule has 1 aliphatic heterocycles. The summed E-state index contributed by atoms with van der Waals surface area (Å²) in [4.78, 5) is 10.8. The number of benzene rings is 1. The Morgan fingerprint density at radius 3 is 2.78 bits per heavy atom. The van der Waals surface area contributed by atoms with E-state index in [1.54, 1.807) is 6.07 Å². The van der Waals surface area contributed by atoms with Crippen molar-refractivity contribution in [1.82, 2.24) is 10.2 Å². The number of nitrogens with one attached hydrogen (secondary N) is 1. The number of nitriles is 1. The first-order chi connectivity index (χ1) is 12.7. The number of allylic oxidation sites excluding steroid dienone is 1. The lowest BCUT2D eigenvalue weighted by molar-refractivity contribution is -0.142. The van der Waals surface area contributed by atoms with Crippen molar-refractivity contribution in [3.8, 4) is 17.7 Å². The van der Waals surface area contributed by atoms with Crippen molar-refractivity contribution in [2.75, 3.05) is 6.61 Å². The van der Waals surface area contributed by atoms with Crippen LogP contribution in [-0.2, 0) is 11.0 Å². The van der Waals surface area contributed by atoms with Crippen LogP contribution in [0.4, 0.5) is 13.2 Å². The van der Waals surface area contributed by atoms with E-state index in [1.165, 1.54) is 24.3 Å². The summed E-state index contributed by atoms with van der Waals surface area (Å²) in [6, 6.07) is 7.57. The minimum atomic E-state index is -4.80. The number of aliphatic carboxylic acids is 1. The van der Waals surface area contributed by atoms with Gasteiger partial charge in [-0.05, 0) is 6.07 Å². The summed E-state index contributed by atoms with van der Waals surface area (Å²) in [5, 5.41) is 23.6. The van der Waals surface area contributed by atoms with E-state index >= 15 is 0 Å². The molecule has 4 N–H and O–H groups in total. The van der Waals surface area contributed by atoms with Crippen LogP contribution in [0.1, 0.15) is 22.7 Å². The number of hydrogen-bond donors (Lipinski definition) is 3. The zero-order valence-electron chi connectivity index (χ0n) is 13.4. The Hall–Kier alpha value is -3.68. The maximum Gasteiger partial charge on any atom is 0.433 e.